The van der Waals surface area contributed by atoms with Crippen molar-refractivity contribution in [1.29, 1.82) is 0 Å². The predicted octanol–water partition coefficient (Wildman–Crippen LogP) is 3.37. The van der Waals surface area contributed by atoms with Crippen LogP contribution in [-0.2, 0) is 21.4 Å². The van der Waals surface area contributed by atoms with Crippen molar-refractivity contribution in [2.24, 2.45) is 5.92 Å². The van der Waals surface area contributed by atoms with Gasteiger partial charge in [-0.3, -0.25) is 4.79 Å². The molecule has 0 heterocycles. The van der Waals surface area contributed by atoms with Crippen molar-refractivity contribution in [3.63, 3.8) is 0 Å². The molecule has 0 bridgehead atoms. The number of phenols is 1. The van der Waals surface area contributed by atoms with Gasteiger partial charge in [0.25, 0.3) is 0 Å². The molecular formula is C18H24O3. The molecule has 0 radical (unpaired) electrons. The molecule has 0 aromatic heterocycles. The Bertz CT molecular complexity index is 580. The van der Waals surface area contributed by atoms with Gasteiger partial charge in [-0.05, 0) is 61.8 Å². The Morgan fingerprint density at radius 3 is 2.86 bits per heavy atom. The first-order chi connectivity index (χ1) is 9.95. The number of fused-ring (bicyclic) bond motifs is 3. The van der Waals surface area contributed by atoms with Gasteiger partial charge in [0.1, 0.15) is 11.4 Å². The molecule has 1 aromatic rings. The second-order valence-corrected chi connectivity index (χ2v) is 6.83. The summed E-state index contributed by atoms with van der Waals surface area (Å²) in [5.41, 5.74) is 1.78. The van der Waals surface area contributed by atoms with E-state index >= 15 is 0 Å². The van der Waals surface area contributed by atoms with Crippen molar-refractivity contribution < 1.29 is 14.6 Å². The van der Waals surface area contributed by atoms with E-state index in [1.165, 1.54) is 11.1 Å². The van der Waals surface area contributed by atoms with Crippen molar-refractivity contribution in [1.82, 2.24) is 0 Å². The second-order valence-electron chi connectivity index (χ2n) is 6.83. The minimum atomic E-state index is -0.627. The molecule has 1 N–H and O–H groups in total. The van der Waals surface area contributed by atoms with Crippen LogP contribution in [0.5, 0.6) is 5.75 Å². The number of methoxy groups -OCH3 is 1. The number of benzene rings is 1. The van der Waals surface area contributed by atoms with E-state index < -0.39 is 5.60 Å². The molecule has 3 heteroatoms. The molecule has 0 spiro atoms. The van der Waals surface area contributed by atoms with E-state index in [1.807, 2.05) is 19.1 Å². The summed E-state index contributed by atoms with van der Waals surface area (Å²) >= 11 is 0. The van der Waals surface area contributed by atoms with E-state index in [0.29, 0.717) is 18.1 Å². The summed E-state index contributed by atoms with van der Waals surface area (Å²) in [6.45, 7) is 4.11. The largest absolute Gasteiger partial charge is 0.508 e. The fourth-order valence-electron chi connectivity index (χ4n) is 4.49. The van der Waals surface area contributed by atoms with E-state index in [9.17, 15) is 9.90 Å². The molecule has 1 aromatic carbocycles. The number of hydrogen-bond acceptors (Lipinski definition) is 3. The molecule has 2 aliphatic carbocycles. The summed E-state index contributed by atoms with van der Waals surface area (Å²) in [5.74, 6) is 1.01. The van der Waals surface area contributed by atoms with E-state index in [2.05, 4.69) is 6.92 Å². The van der Waals surface area contributed by atoms with Gasteiger partial charge in [0.05, 0.1) is 0 Å². The molecule has 0 saturated heterocycles. The third kappa shape index (κ3) is 2.02. The average molecular weight is 288 g/mol. The molecule has 2 aliphatic rings. The van der Waals surface area contributed by atoms with Gasteiger partial charge in [-0.15, -0.1) is 0 Å². The van der Waals surface area contributed by atoms with Crippen LogP contribution in [0, 0.1) is 5.92 Å². The molecule has 3 rings (SSSR count). The summed E-state index contributed by atoms with van der Waals surface area (Å²) in [6.07, 6.45) is 4.36. The molecule has 0 amide bonds. The van der Waals surface area contributed by atoms with Crippen LogP contribution in [0.15, 0.2) is 18.2 Å². The Morgan fingerprint density at radius 1 is 1.43 bits per heavy atom. The van der Waals surface area contributed by atoms with Crippen LogP contribution in [0.25, 0.3) is 0 Å². The number of aryl methyl sites for hydroxylation is 1. The lowest BCUT2D eigenvalue weighted by Gasteiger charge is -2.52. The summed E-state index contributed by atoms with van der Waals surface area (Å²) < 4.78 is 5.55. The van der Waals surface area contributed by atoms with Gasteiger partial charge >= 0.3 is 0 Å². The Labute approximate surface area is 126 Å². The zero-order valence-electron chi connectivity index (χ0n) is 13.1. The number of hydrogen-bond donors (Lipinski definition) is 1. The summed E-state index contributed by atoms with van der Waals surface area (Å²) in [7, 11) is 1.64. The second kappa shape index (κ2) is 4.84. The van der Waals surface area contributed by atoms with E-state index in [1.54, 1.807) is 13.2 Å². The lowest BCUT2D eigenvalue weighted by Crippen LogP contribution is -2.54. The Balaban J connectivity index is 2.09. The third-order valence-corrected chi connectivity index (χ3v) is 5.95. The minimum absolute atomic E-state index is 0.0730. The maximum Gasteiger partial charge on any atom is 0.165 e. The first kappa shape index (κ1) is 14.6. The highest BCUT2D eigenvalue weighted by Gasteiger charge is 2.54. The Morgan fingerprint density at radius 2 is 2.19 bits per heavy atom. The topological polar surface area (TPSA) is 46.5 Å². The fourth-order valence-corrected chi connectivity index (χ4v) is 4.49. The highest BCUT2D eigenvalue weighted by Crippen LogP contribution is 2.54. The van der Waals surface area contributed by atoms with Gasteiger partial charge in [-0.25, -0.2) is 0 Å². The van der Waals surface area contributed by atoms with Gasteiger partial charge in [0, 0.05) is 18.9 Å². The number of aromatic hydroxyl groups is 1. The molecular weight excluding hydrogens is 264 g/mol. The van der Waals surface area contributed by atoms with E-state index in [0.717, 1.165) is 25.7 Å². The van der Waals surface area contributed by atoms with Gasteiger partial charge in [0.15, 0.2) is 5.78 Å². The number of phenolic OH excluding ortho intramolecular Hbond substituents is 1. The minimum Gasteiger partial charge on any atom is -0.508 e. The van der Waals surface area contributed by atoms with Gasteiger partial charge in [-0.2, -0.15) is 0 Å². The predicted molar refractivity (Wildman–Crippen MR) is 81.5 cm³/mol. The van der Waals surface area contributed by atoms with Gasteiger partial charge < -0.3 is 9.84 Å². The maximum atomic E-state index is 12.7. The van der Waals surface area contributed by atoms with Crippen LogP contribution in [-0.4, -0.2) is 23.6 Å². The molecule has 0 aliphatic heterocycles. The normalized spacial score (nSPS) is 35.2. The maximum absolute atomic E-state index is 12.7. The van der Waals surface area contributed by atoms with Gasteiger partial charge in [0.2, 0.25) is 0 Å². The van der Waals surface area contributed by atoms with Crippen molar-refractivity contribution >= 4 is 5.78 Å². The highest BCUT2D eigenvalue weighted by molar-refractivity contribution is 5.89. The van der Waals surface area contributed by atoms with Crippen LogP contribution in [0.2, 0.25) is 0 Å². The molecule has 0 unspecified atom stereocenters. The van der Waals surface area contributed by atoms with Crippen LogP contribution in [0.1, 0.15) is 50.7 Å². The summed E-state index contributed by atoms with van der Waals surface area (Å²) in [5, 5.41) is 9.73. The fraction of sp³-hybridized carbons (Fsp3) is 0.611. The highest BCUT2D eigenvalue weighted by atomic mass is 16.5. The lowest BCUT2D eigenvalue weighted by molar-refractivity contribution is -0.151. The Kier molecular flexibility index (Phi) is 3.36. The summed E-state index contributed by atoms with van der Waals surface area (Å²) in [6, 6.07) is 5.66. The first-order valence-electron chi connectivity index (χ1n) is 7.86. The monoisotopic (exact) mass is 288 g/mol. The Hall–Kier alpha value is -1.35. The van der Waals surface area contributed by atoms with E-state index in [-0.39, 0.29) is 11.2 Å². The quantitative estimate of drug-likeness (QED) is 0.907. The molecule has 3 atom stereocenters. The van der Waals surface area contributed by atoms with Crippen LogP contribution < -0.4 is 0 Å². The molecule has 1 fully saturated rings. The van der Waals surface area contributed by atoms with Gasteiger partial charge in [-0.1, -0.05) is 13.0 Å². The smallest absolute Gasteiger partial charge is 0.165 e. The number of rotatable bonds is 2. The number of carbonyl (C=O) groups is 1. The molecule has 114 valence electrons. The van der Waals surface area contributed by atoms with Crippen LogP contribution in [0.4, 0.5) is 0 Å². The standard InChI is InChI=1S/C18H24O3/c1-4-18-11-16(20)17(2,21-3)10-13(18)6-5-12-9-14(19)7-8-15(12)18/h7-9,13,19H,4-6,10-11H2,1-3H3/t13-,17+,18-/m1/s1. The zero-order valence-corrected chi connectivity index (χ0v) is 13.1. The zero-order chi connectivity index (χ0) is 15.3. The number of ketones is 1. The summed E-state index contributed by atoms with van der Waals surface area (Å²) in [4.78, 5) is 12.7. The third-order valence-electron chi connectivity index (χ3n) is 5.95. The number of carbonyl (C=O) groups excluding carboxylic acids is 1. The first-order valence-corrected chi connectivity index (χ1v) is 7.86. The average Bonchev–Trinajstić information content (AvgIpc) is 2.48. The molecule has 3 nitrogen and oxygen atoms in total. The van der Waals surface area contributed by atoms with E-state index in [4.69, 9.17) is 4.74 Å². The van der Waals surface area contributed by atoms with Crippen LogP contribution >= 0.6 is 0 Å². The van der Waals surface area contributed by atoms with Crippen molar-refractivity contribution in [2.45, 2.75) is 57.0 Å². The number of Topliss-reactive ketones (excluding diaryl/α,β-unsaturated/α-hetero) is 1. The van der Waals surface area contributed by atoms with Crippen molar-refractivity contribution in [2.75, 3.05) is 7.11 Å². The van der Waals surface area contributed by atoms with Crippen molar-refractivity contribution in [3.05, 3.63) is 29.3 Å². The van der Waals surface area contributed by atoms with Crippen molar-refractivity contribution in [3.8, 4) is 5.75 Å². The molecule has 1 saturated carbocycles. The number of ether oxygens (including phenoxy) is 1. The van der Waals surface area contributed by atoms with Crippen LogP contribution in [0.3, 0.4) is 0 Å². The SMILES string of the molecule is CC[C@@]12CC(=O)[C@@](C)(OC)C[C@H]1CCc1cc(O)ccc12. The molecule has 21 heavy (non-hydrogen) atoms. The lowest BCUT2D eigenvalue weighted by atomic mass is 9.53.